The molecule has 2 aliphatic heterocycles. The van der Waals surface area contributed by atoms with E-state index >= 15 is 0 Å². The number of likely N-dealkylation sites (tertiary alicyclic amines) is 1. The van der Waals surface area contributed by atoms with Gasteiger partial charge in [0.15, 0.2) is 0 Å². The Hall–Kier alpha value is -2.21. The van der Waals surface area contributed by atoms with E-state index in [-0.39, 0.29) is 11.0 Å². The Morgan fingerprint density at radius 1 is 1.07 bits per heavy atom. The SMILES string of the molecule is Cn1c(CN2CC3CN(c4cc(C(C)(C)C)ncn4)CC3C2)cccc1=O. The van der Waals surface area contributed by atoms with E-state index < -0.39 is 0 Å². The average Bonchev–Trinajstić information content (AvgIpc) is 3.17. The maximum absolute atomic E-state index is 11.8. The highest BCUT2D eigenvalue weighted by Gasteiger charge is 2.40. The molecule has 2 saturated heterocycles. The molecular formula is C21H29N5O. The fraction of sp³-hybridized carbons (Fsp3) is 0.571. The number of aromatic nitrogens is 3. The van der Waals surface area contributed by atoms with Crippen molar-refractivity contribution in [1.29, 1.82) is 0 Å². The van der Waals surface area contributed by atoms with Crippen LogP contribution in [0.2, 0.25) is 0 Å². The van der Waals surface area contributed by atoms with Crippen LogP contribution in [0.1, 0.15) is 32.2 Å². The third kappa shape index (κ3) is 3.63. The van der Waals surface area contributed by atoms with Gasteiger partial charge in [0, 0.05) is 63.0 Å². The first kappa shape index (κ1) is 18.2. The van der Waals surface area contributed by atoms with Gasteiger partial charge in [0.1, 0.15) is 12.1 Å². The number of anilines is 1. The second-order valence-electron chi connectivity index (χ2n) is 9.05. The van der Waals surface area contributed by atoms with Crippen LogP contribution >= 0.6 is 0 Å². The quantitative estimate of drug-likeness (QED) is 0.831. The van der Waals surface area contributed by atoms with Crippen molar-refractivity contribution in [1.82, 2.24) is 19.4 Å². The van der Waals surface area contributed by atoms with Crippen molar-refractivity contribution in [2.24, 2.45) is 18.9 Å². The van der Waals surface area contributed by atoms with Crippen molar-refractivity contribution in [2.45, 2.75) is 32.7 Å². The molecule has 0 amide bonds. The van der Waals surface area contributed by atoms with Crippen LogP contribution in [0.3, 0.4) is 0 Å². The number of fused-ring (bicyclic) bond motifs is 1. The van der Waals surface area contributed by atoms with Crippen molar-refractivity contribution in [3.05, 3.63) is 52.3 Å². The molecule has 2 fully saturated rings. The largest absolute Gasteiger partial charge is 0.356 e. The molecule has 2 aromatic heterocycles. The van der Waals surface area contributed by atoms with Gasteiger partial charge in [-0.3, -0.25) is 9.69 Å². The van der Waals surface area contributed by atoms with Crippen molar-refractivity contribution >= 4 is 5.82 Å². The van der Waals surface area contributed by atoms with Gasteiger partial charge in [-0.15, -0.1) is 0 Å². The van der Waals surface area contributed by atoms with Crippen molar-refractivity contribution < 1.29 is 0 Å². The van der Waals surface area contributed by atoms with E-state index in [4.69, 9.17) is 0 Å². The summed E-state index contributed by atoms with van der Waals surface area (Å²) in [5, 5.41) is 0. The Labute approximate surface area is 160 Å². The summed E-state index contributed by atoms with van der Waals surface area (Å²) in [6.45, 7) is 11.7. The van der Waals surface area contributed by atoms with Crippen molar-refractivity contribution in [2.75, 3.05) is 31.1 Å². The van der Waals surface area contributed by atoms with E-state index in [9.17, 15) is 4.79 Å². The summed E-state index contributed by atoms with van der Waals surface area (Å²) in [6, 6.07) is 7.68. The summed E-state index contributed by atoms with van der Waals surface area (Å²) < 4.78 is 1.76. The summed E-state index contributed by atoms with van der Waals surface area (Å²) in [7, 11) is 1.86. The van der Waals surface area contributed by atoms with Crippen molar-refractivity contribution in [3.8, 4) is 0 Å². The van der Waals surface area contributed by atoms with Crippen LogP contribution in [0.5, 0.6) is 0 Å². The normalized spacial score (nSPS) is 23.0. The molecule has 2 atom stereocenters. The lowest BCUT2D eigenvalue weighted by atomic mass is 9.92. The van der Waals surface area contributed by atoms with Gasteiger partial charge >= 0.3 is 0 Å². The predicted octanol–water partition coefficient (Wildman–Crippen LogP) is 2.04. The third-order valence-corrected chi connectivity index (χ3v) is 5.98. The van der Waals surface area contributed by atoms with Crippen molar-refractivity contribution in [3.63, 3.8) is 0 Å². The van der Waals surface area contributed by atoms with E-state index in [1.165, 1.54) is 0 Å². The molecule has 6 heteroatoms. The molecule has 6 nitrogen and oxygen atoms in total. The molecule has 2 unspecified atom stereocenters. The lowest BCUT2D eigenvalue weighted by Gasteiger charge is -2.24. The Bertz CT molecular complexity index is 871. The maximum atomic E-state index is 11.8. The Morgan fingerprint density at radius 3 is 2.44 bits per heavy atom. The van der Waals surface area contributed by atoms with Gasteiger partial charge in [0.25, 0.3) is 0 Å². The van der Waals surface area contributed by atoms with E-state index in [1.807, 2.05) is 13.1 Å². The Morgan fingerprint density at radius 2 is 1.78 bits per heavy atom. The number of hydrogen-bond acceptors (Lipinski definition) is 5. The molecule has 2 aliphatic rings. The van der Waals surface area contributed by atoms with Gasteiger partial charge in [-0.1, -0.05) is 26.8 Å². The van der Waals surface area contributed by atoms with Gasteiger partial charge < -0.3 is 9.47 Å². The van der Waals surface area contributed by atoms with Gasteiger partial charge in [-0.2, -0.15) is 0 Å². The minimum absolute atomic E-state index is 0.0374. The predicted molar refractivity (Wildman–Crippen MR) is 107 cm³/mol. The number of rotatable bonds is 3. The highest BCUT2D eigenvalue weighted by atomic mass is 16.1. The number of pyridine rings is 1. The van der Waals surface area contributed by atoms with Crippen LogP contribution < -0.4 is 10.5 Å². The Balaban J connectivity index is 1.41. The van der Waals surface area contributed by atoms with Crippen LogP contribution in [0.15, 0.2) is 35.4 Å². The first-order chi connectivity index (χ1) is 12.8. The zero-order valence-electron chi connectivity index (χ0n) is 16.7. The molecule has 4 heterocycles. The van der Waals surface area contributed by atoms with E-state index in [0.29, 0.717) is 11.8 Å². The van der Waals surface area contributed by atoms with Crippen LogP contribution in [0, 0.1) is 11.8 Å². The second-order valence-corrected chi connectivity index (χ2v) is 9.05. The molecule has 0 aromatic carbocycles. The standard InChI is InChI=1S/C21H29N5O/c1-21(2,3)18-8-19(23-14-22-18)26-11-15-9-25(10-16(15)12-26)13-17-6-5-7-20(27)24(17)4/h5-8,14-16H,9-13H2,1-4H3. The molecule has 0 bridgehead atoms. The fourth-order valence-electron chi connectivity index (χ4n) is 4.33. The van der Waals surface area contributed by atoms with Crippen LogP contribution in [0.25, 0.3) is 0 Å². The van der Waals surface area contributed by atoms with E-state index in [1.54, 1.807) is 17.0 Å². The number of nitrogens with zero attached hydrogens (tertiary/aromatic N) is 5. The summed E-state index contributed by atoms with van der Waals surface area (Å²) >= 11 is 0. The molecule has 27 heavy (non-hydrogen) atoms. The first-order valence-electron chi connectivity index (χ1n) is 9.76. The minimum Gasteiger partial charge on any atom is -0.356 e. The Kier molecular flexibility index (Phi) is 4.54. The van der Waals surface area contributed by atoms with Gasteiger partial charge in [0.05, 0.1) is 5.69 Å². The van der Waals surface area contributed by atoms with Gasteiger partial charge in [-0.05, 0) is 17.9 Å². The summed E-state index contributed by atoms with van der Waals surface area (Å²) in [5.41, 5.74) is 2.29. The molecule has 4 rings (SSSR count). The fourth-order valence-corrected chi connectivity index (χ4v) is 4.33. The third-order valence-electron chi connectivity index (χ3n) is 5.98. The minimum atomic E-state index is 0.0374. The molecule has 0 aliphatic carbocycles. The van der Waals surface area contributed by atoms with Crippen LogP contribution in [-0.2, 0) is 19.0 Å². The summed E-state index contributed by atoms with van der Waals surface area (Å²) in [6.07, 6.45) is 1.70. The van der Waals surface area contributed by atoms with Crippen LogP contribution in [0.4, 0.5) is 5.82 Å². The average molecular weight is 367 g/mol. The first-order valence-corrected chi connectivity index (χ1v) is 9.76. The van der Waals surface area contributed by atoms with E-state index in [0.717, 1.165) is 49.9 Å². The monoisotopic (exact) mass is 367 g/mol. The molecule has 2 aromatic rings. The molecule has 144 valence electrons. The summed E-state index contributed by atoms with van der Waals surface area (Å²) in [4.78, 5) is 25.7. The lowest BCUT2D eigenvalue weighted by molar-refractivity contribution is 0.300. The molecule has 0 radical (unpaired) electrons. The van der Waals surface area contributed by atoms with Crippen LogP contribution in [-0.4, -0.2) is 45.6 Å². The molecular weight excluding hydrogens is 338 g/mol. The van der Waals surface area contributed by atoms with Gasteiger partial charge in [-0.25, -0.2) is 9.97 Å². The highest BCUT2D eigenvalue weighted by molar-refractivity contribution is 5.42. The molecule has 0 saturated carbocycles. The highest BCUT2D eigenvalue weighted by Crippen LogP contribution is 2.34. The number of hydrogen-bond donors (Lipinski definition) is 0. The van der Waals surface area contributed by atoms with E-state index in [2.05, 4.69) is 52.7 Å². The van der Waals surface area contributed by atoms with Gasteiger partial charge in [0.2, 0.25) is 5.56 Å². The lowest BCUT2D eigenvalue weighted by Crippen LogP contribution is -2.31. The topological polar surface area (TPSA) is 54.3 Å². The maximum Gasteiger partial charge on any atom is 0.250 e. The smallest absolute Gasteiger partial charge is 0.250 e. The molecule has 0 N–H and O–H groups in total. The zero-order valence-corrected chi connectivity index (χ0v) is 16.7. The zero-order chi connectivity index (χ0) is 19.2. The second kappa shape index (κ2) is 6.75. The summed E-state index contributed by atoms with van der Waals surface area (Å²) in [5.74, 6) is 2.39. The molecule has 0 spiro atoms.